The van der Waals surface area contributed by atoms with Gasteiger partial charge in [0.2, 0.25) is 0 Å². The fraction of sp³-hybridized carbons (Fsp3) is 0.286. The fourth-order valence-corrected chi connectivity index (χ4v) is 6.87. The largest absolute Gasteiger partial charge is 0.253 e. The second-order valence-corrected chi connectivity index (χ2v) is 10.4. The van der Waals surface area contributed by atoms with Gasteiger partial charge in [-0.05, 0) is 58.6 Å². The lowest BCUT2D eigenvalue weighted by Gasteiger charge is -2.23. The SMILES string of the molecule is O=S(=O)(c1ccc(Br)s1)N1CCCC1c1cccc(Br)c1. The van der Waals surface area contributed by atoms with Crippen molar-refractivity contribution >= 4 is 53.2 Å². The van der Waals surface area contributed by atoms with Gasteiger partial charge in [-0.1, -0.05) is 28.1 Å². The number of nitrogens with zero attached hydrogens (tertiary/aromatic N) is 1. The minimum atomic E-state index is -3.42. The highest BCUT2D eigenvalue weighted by Crippen LogP contribution is 2.39. The van der Waals surface area contributed by atoms with Crippen molar-refractivity contribution in [2.24, 2.45) is 0 Å². The molecule has 0 bridgehead atoms. The molecule has 1 unspecified atom stereocenters. The third kappa shape index (κ3) is 3.12. The first-order chi connectivity index (χ1) is 9.98. The Labute approximate surface area is 145 Å². The van der Waals surface area contributed by atoms with E-state index in [2.05, 4.69) is 31.9 Å². The molecular formula is C14H13Br2NO2S2. The molecule has 112 valence electrons. The van der Waals surface area contributed by atoms with E-state index in [9.17, 15) is 8.42 Å². The number of hydrogen-bond donors (Lipinski definition) is 0. The van der Waals surface area contributed by atoms with E-state index in [0.29, 0.717) is 10.8 Å². The van der Waals surface area contributed by atoms with Gasteiger partial charge in [-0.25, -0.2) is 8.42 Å². The van der Waals surface area contributed by atoms with Crippen LogP contribution >= 0.6 is 43.2 Å². The topological polar surface area (TPSA) is 37.4 Å². The maximum absolute atomic E-state index is 12.8. The Kier molecular flexibility index (Phi) is 4.57. The summed E-state index contributed by atoms with van der Waals surface area (Å²) in [6, 6.07) is 11.3. The van der Waals surface area contributed by atoms with Crippen LogP contribution in [0.5, 0.6) is 0 Å². The maximum atomic E-state index is 12.8. The van der Waals surface area contributed by atoms with Gasteiger partial charge in [0, 0.05) is 11.0 Å². The molecule has 0 N–H and O–H groups in total. The molecular weight excluding hydrogens is 438 g/mol. The summed E-state index contributed by atoms with van der Waals surface area (Å²) in [6.45, 7) is 0.578. The zero-order valence-electron chi connectivity index (χ0n) is 11.0. The van der Waals surface area contributed by atoms with Crippen molar-refractivity contribution in [1.82, 2.24) is 4.31 Å². The van der Waals surface area contributed by atoms with Gasteiger partial charge >= 0.3 is 0 Å². The molecule has 2 heterocycles. The molecule has 0 amide bonds. The van der Waals surface area contributed by atoms with E-state index in [-0.39, 0.29) is 6.04 Å². The molecule has 1 saturated heterocycles. The summed E-state index contributed by atoms with van der Waals surface area (Å²) >= 11 is 8.05. The quantitative estimate of drug-likeness (QED) is 0.673. The van der Waals surface area contributed by atoms with Crippen molar-refractivity contribution in [3.8, 4) is 0 Å². The van der Waals surface area contributed by atoms with Gasteiger partial charge < -0.3 is 0 Å². The number of rotatable bonds is 3. The van der Waals surface area contributed by atoms with E-state index in [1.165, 1.54) is 11.3 Å². The zero-order valence-corrected chi connectivity index (χ0v) is 15.8. The number of thiophene rings is 1. The van der Waals surface area contributed by atoms with Crippen molar-refractivity contribution in [3.05, 3.63) is 50.2 Å². The predicted molar refractivity (Wildman–Crippen MR) is 92.0 cm³/mol. The molecule has 0 radical (unpaired) electrons. The van der Waals surface area contributed by atoms with Crippen LogP contribution in [-0.4, -0.2) is 19.3 Å². The summed E-state index contributed by atoms with van der Waals surface area (Å²) in [4.78, 5) is 0. The van der Waals surface area contributed by atoms with Gasteiger partial charge in [-0.3, -0.25) is 0 Å². The standard InChI is InChI=1S/C14H13Br2NO2S2/c15-11-4-1-3-10(9-11)12-5-2-8-17(12)21(18,19)14-7-6-13(16)20-14/h1,3-4,6-7,9,12H,2,5,8H2. The number of benzene rings is 1. The van der Waals surface area contributed by atoms with E-state index in [1.54, 1.807) is 16.4 Å². The molecule has 1 aliphatic rings. The fourth-order valence-electron chi connectivity index (χ4n) is 2.63. The molecule has 0 aliphatic carbocycles. The van der Waals surface area contributed by atoms with Crippen molar-refractivity contribution in [3.63, 3.8) is 0 Å². The molecule has 3 nitrogen and oxygen atoms in total. The van der Waals surface area contributed by atoms with E-state index < -0.39 is 10.0 Å². The first-order valence-corrected chi connectivity index (χ1v) is 10.4. The average Bonchev–Trinajstić information content (AvgIpc) is 3.07. The highest BCUT2D eigenvalue weighted by atomic mass is 79.9. The second-order valence-electron chi connectivity index (χ2n) is 4.89. The Morgan fingerprint density at radius 1 is 1.19 bits per heavy atom. The normalized spacial score (nSPS) is 20.0. The third-order valence-electron chi connectivity index (χ3n) is 3.55. The van der Waals surface area contributed by atoms with Crippen LogP contribution in [0.1, 0.15) is 24.4 Å². The third-order valence-corrected chi connectivity index (χ3v) is 8.04. The van der Waals surface area contributed by atoms with Crippen LogP contribution in [0.4, 0.5) is 0 Å². The number of sulfonamides is 1. The van der Waals surface area contributed by atoms with Gasteiger partial charge in [0.15, 0.2) is 0 Å². The molecule has 3 rings (SSSR count). The van der Waals surface area contributed by atoms with Crippen LogP contribution in [0.15, 0.2) is 48.9 Å². The van der Waals surface area contributed by atoms with Gasteiger partial charge in [0.1, 0.15) is 4.21 Å². The molecule has 2 aromatic rings. The van der Waals surface area contributed by atoms with Crippen molar-refractivity contribution < 1.29 is 8.42 Å². The van der Waals surface area contributed by atoms with Crippen LogP contribution in [-0.2, 0) is 10.0 Å². The minimum Gasteiger partial charge on any atom is -0.206 e. The highest BCUT2D eigenvalue weighted by Gasteiger charge is 2.36. The number of hydrogen-bond acceptors (Lipinski definition) is 3. The Hall–Kier alpha value is -0.210. The van der Waals surface area contributed by atoms with E-state index in [4.69, 9.17) is 0 Å². The van der Waals surface area contributed by atoms with Crippen LogP contribution in [0.2, 0.25) is 0 Å². The predicted octanol–water partition coefficient (Wildman–Crippen LogP) is 4.80. The first-order valence-electron chi connectivity index (χ1n) is 6.51. The van der Waals surface area contributed by atoms with Crippen molar-refractivity contribution in [2.75, 3.05) is 6.54 Å². The number of halogens is 2. The smallest absolute Gasteiger partial charge is 0.206 e. The highest BCUT2D eigenvalue weighted by molar-refractivity contribution is 9.11. The Morgan fingerprint density at radius 3 is 2.67 bits per heavy atom. The molecule has 1 aromatic carbocycles. The zero-order chi connectivity index (χ0) is 15.0. The van der Waals surface area contributed by atoms with Gasteiger partial charge in [0.05, 0.1) is 9.83 Å². The lowest BCUT2D eigenvalue weighted by Crippen LogP contribution is -2.30. The van der Waals surface area contributed by atoms with Crippen molar-refractivity contribution in [2.45, 2.75) is 23.1 Å². The summed E-state index contributed by atoms with van der Waals surface area (Å²) in [5.41, 5.74) is 1.04. The molecule has 1 atom stereocenters. The molecule has 7 heteroatoms. The van der Waals surface area contributed by atoms with Crippen LogP contribution in [0.3, 0.4) is 0 Å². The van der Waals surface area contributed by atoms with Crippen LogP contribution < -0.4 is 0 Å². The van der Waals surface area contributed by atoms with Gasteiger partial charge in [-0.15, -0.1) is 11.3 Å². The van der Waals surface area contributed by atoms with Gasteiger partial charge in [0.25, 0.3) is 10.0 Å². The Bertz CT molecular complexity index is 758. The summed E-state index contributed by atoms with van der Waals surface area (Å²) in [5, 5.41) is 0. The lowest BCUT2D eigenvalue weighted by molar-refractivity contribution is 0.398. The summed E-state index contributed by atoms with van der Waals surface area (Å²) in [6.07, 6.45) is 1.76. The molecule has 1 aromatic heterocycles. The first kappa shape index (κ1) is 15.7. The summed E-state index contributed by atoms with van der Waals surface area (Å²) < 4.78 is 29.5. The summed E-state index contributed by atoms with van der Waals surface area (Å²) in [7, 11) is -3.42. The molecule has 0 saturated carbocycles. The van der Waals surface area contributed by atoms with Gasteiger partial charge in [-0.2, -0.15) is 4.31 Å². The van der Waals surface area contributed by atoms with E-state index in [0.717, 1.165) is 26.7 Å². The molecule has 21 heavy (non-hydrogen) atoms. The Morgan fingerprint density at radius 2 is 2.00 bits per heavy atom. The molecule has 1 fully saturated rings. The lowest BCUT2D eigenvalue weighted by atomic mass is 10.1. The Balaban J connectivity index is 1.97. The van der Waals surface area contributed by atoms with Crippen molar-refractivity contribution in [1.29, 1.82) is 0 Å². The minimum absolute atomic E-state index is 0.0756. The van der Waals surface area contributed by atoms with Crippen LogP contribution in [0.25, 0.3) is 0 Å². The van der Waals surface area contributed by atoms with Crippen LogP contribution in [0, 0.1) is 0 Å². The molecule has 1 aliphatic heterocycles. The second kappa shape index (κ2) is 6.12. The van der Waals surface area contributed by atoms with E-state index in [1.807, 2.05) is 24.3 Å². The monoisotopic (exact) mass is 449 g/mol. The van der Waals surface area contributed by atoms with E-state index >= 15 is 0 Å². The average molecular weight is 451 g/mol. The molecule has 0 spiro atoms. The maximum Gasteiger partial charge on any atom is 0.253 e. The summed E-state index contributed by atoms with van der Waals surface area (Å²) in [5.74, 6) is 0.